The Hall–Kier alpha value is -2.91. The van der Waals surface area contributed by atoms with Crippen molar-refractivity contribution in [3.05, 3.63) is 45.8 Å². The minimum Gasteiger partial charge on any atom is -0.494 e. The maximum Gasteiger partial charge on any atom is 0.341 e. The van der Waals surface area contributed by atoms with Gasteiger partial charge in [-0.15, -0.1) is 11.3 Å². The summed E-state index contributed by atoms with van der Waals surface area (Å²) in [5.41, 5.74) is 1.74. The fourth-order valence-corrected chi connectivity index (χ4v) is 4.17. The minimum absolute atomic E-state index is 0.113. The number of esters is 1. The maximum absolute atomic E-state index is 12.6. The van der Waals surface area contributed by atoms with Crippen molar-refractivity contribution >= 4 is 34.1 Å². The van der Waals surface area contributed by atoms with E-state index in [2.05, 4.69) is 10.6 Å². The number of amides is 2. The quantitative estimate of drug-likeness (QED) is 0.544. The number of nitrogens with zero attached hydrogens (tertiary/aromatic N) is 1. The van der Waals surface area contributed by atoms with Crippen LogP contribution in [-0.2, 0) is 16.1 Å². The van der Waals surface area contributed by atoms with E-state index in [4.69, 9.17) is 9.47 Å². The third-order valence-electron chi connectivity index (χ3n) is 4.41. The summed E-state index contributed by atoms with van der Waals surface area (Å²) in [6.07, 6.45) is 0. The first kappa shape index (κ1) is 24.4. The zero-order chi connectivity index (χ0) is 23.0. The van der Waals surface area contributed by atoms with Crippen molar-refractivity contribution in [1.82, 2.24) is 10.2 Å². The van der Waals surface area contributed by atoms with Crippen molar-refractivity contribution in [3.63, 3.8) is 0 Å². The molecule has 0 atom stereocenters. The average Bonchev–Trinajstić information content (AvgIpc) is 3.04. The van der Waals surface area contributed by atoms with Gasteiger partial charge in [-0.3, -0.25) is 14.5 Å². The first-order valence-corrected chi connectivity index (χ1v) is 10.8. The van der Waals surface area contributed by atoms with Crippen LogP contribution in [0.2, 0.25) is 0 Å². The number of anilines is 1. The van der Waals surface area contributed by atoms with Gasteiger partial charge in [0.15, 0.2) is 0 Å². The van der Waals surface area contributed by atoms with Crippen LogP contribution >= 0.6 is 11.3 Å². The van der Waals surface area contributed by atoms with Gasteiger partial charge in [-0.05, 0) is 51.1 Å². The fourth-order valence-electron chi connectivity index (χ4n) is 3.02. The number of hydrogen-bond donors (Lipinski definition) is 2. The van der Waals surface area contributed by atoms with Crippen molar-refractivity contribution < 1.29 is 23.9 Å². The topological polar surface area (TPSA) is 97.0 Å². The van der Waals surface area contributed by atoms with Crippen LogP contribution in [0.4, 0.5) is 5.00 Å². The minimum atomic E-state index is -0.565. The van der Waals surface area contributed by atoms with E-state index in [1.54, 1.807) is 13.8 Å². The number of benzene rings is 1. The number of rotatable bonds is 10. The highest BCUT2D eigenvalue weighted by molar-refractivity contribution is 7.18. The van der Waals surface area contributed by atoms with Crippen molar-refractivity contribution in [2.75, 3.05) is 39.2 Å². The zero-order valence-corrected chi connectivity index (χ0v) is 19.4. The Kier molecular flexibility index (Phi) is 9.02. The van der Waals surface area contributed by atoms with Crippen LogP contribution in [0.3, 0.4) is 0 Å². The van der Waals surface area contributed by atoms with Crippen LogP contribution in [0.5, 0.6) is 5.75 Å². The molecule has 1 aromatic heterocycles. The lowest BCUT2D eigenvalue weighted by Crippen LogP contribution is -2.30. The standard InChI is InChI=1S/C22H29N3O5S/c1-6-29-16-10-8-15(9-11-16)12-25(5)13-17(26)24-21-18(22(28)30-7-2)14(3)19(31-21)20(27)23-4/h8-11H,6-7,12-13H2,1-5H3,(H,23,27)(H,24,26). The third-order valence-corrected chi connectivity index (χ3v) is 5.62. The normalized spacial score (nSPS) is 10.6. The molecule has 0 aliphatic heterocycles. The number of ether oxygens (including phenoxy) is 2. The molecule has 0 aliphatic carbocycles. The molecular weight excluding hydrogens is 418 g/mol. The molecule has 2 rings (SSSR count). The van der Waals surface area contributed by atoms with Gasteiger partial charge in [-0.1, -0.05) is 12.1 Å². The summed E-state index contributed by atoms with van der Waals surface area (Å²) < 4.78 is 10.5. The number of carbonyl (C=O) groups excluding carboxylic acids is 3. The number of carbonyl (C=O) groups is 3. The van der Waals surface area contributed by atoms with Gasteiger partial charge in [0.25, 0.3) is 5.91 Å². The second-order valence-electron chi connectivity index (χ2n) is 6.86. The number of hydrogen-bond acceptors (Lipinski definition) is 7. The highest BCUT2D eigenvalue weighted by Gasteiger charge is 2.26. The molecule has 0 aliphatic rings. The number of thiophene rings is 1. The first-order valence-electron chi connectivity index (χ1n) is 10.0. The lowest BCUT2D eigenvalue weighted by atomic mass is 10.1. The number of likely N-dealkylation sites (N-methyl/N-ethyl adjacent to an activating group) is 1. The van der Waals surface area contributed by atoms with E-state index in [0.717, 1.165) is 22.6 Å². The summed E-state index contributed by atoms with van der Waals surface area (Å²) >= 11 is 1.06. The molecule has 0 saturated heterocycles. The van der Waals surface area contributed by atoms with Gasteiger partial charge in [0.1, 0.15) is 10.8 Å². The second-order valence-corrected chi connectivity index (χ2v) is 7.88. The molecule has 1 aromatic carbocycles. The summed E-state index contributed by atoms with van der Waals surface area (Å²) in [5, 5.41) is 5.63. The van der Waals surface area contributed by atoms with Crippen LogP contribution in [0.15, 0.2) is 24.3 Å². The van der Waals surface area contributed by atoms with Gasteiger partial charge in [0.05, 0.1) is 30.2 Å². The molecule has 9 heteroatoms. The average molecular weight is 448 g/mol. The molecule has 2 N–H and O–H groups in total. The molecule has 0 unspecified atom stereocenters. The smallest absolute Gasteiger partial charge is 0.341 e. The molecule has 31 heavy (non-hydrogen) atoms. The highest BCUT2D eigenvalue weighted by Crippen LogP contribution is 2.33. The Morgan fingerprint density at radius 2 is 1.77 bits per heavy atom. The van der Waals surface area contributed by atoms with E-state index < -0.39 is 5.97 Å². The molecule has 2 amide bonds. The van der Waals surface area contributed by atoms with Crippen LogP contribution in [0.25, 0.3) is 0 Å². The Balaban J connectivity index is 2.09. The highest BCUT2D eigenvalue weighted by atomic mass is 32.1. The SMILES string of the molecule is CCOC(=O)c1c(NC(=O)CN(C)Cc2ccc(OCC)cc2)sc(C(=O)NC)c1C. The fraction of sp³-hybridized carbons (Fsp3) is 0.409. The van der Waals surface area contributed by atoms with Crippen LogP contribution in [0.1, 0.15) is 45.0 Å². The van der Waals surface area contributed by atoms with E-state index in [0.29, 0.717) is 28.6 Å². The van der Waals surface area contributed by atoms with Gasteiger partial charge in [0, 0.05) is 13.6 Å². The predicted octanol–water partition coefficient (Wildman–Crippen LogP) is 3.06. The summed E-state index contributed by atoms with van der Waals surface area (Å²) in [6, 6.07) is 7.70. The Morgan fingerprint density at radius 1 is 1.10 bits per heavy atom. The molecule has 2 aromatic rings. The summed E-state index contributed by atoms with van der Waals surface area (Å²) in [7, 11) is 3.34. The monoisotopic (exact) mass is 447 g/mol. The maximum atomic E-state index is 12.6. The van der Waals surface area contributed by atoms with Gasteiger partial charge in [-0.25, -0.2) is 4.79 Å². The lowest BCUT2D eigenvalue weighted by molar-refractivity contribution is -0.117. The van der Waals surface area contributed by atoms with Gasteiger partial charge < -0.3 is 20.1 Å². The zero-order valence-electron chi connectivity index (χ0n) is 18.5. The van der Waals surface area contributed by atoms with Crippen LogP contribution in [0, 0.1) is 6.92 Å². The number of nitrogens with one attached hydrogen (secondary N) is 2. The predicted molar refractivity (Wildman–Crippen MR) is 121 cm³/mol. The molecule has 0 bridgehead atoms. The summed E-state index contributed by atoms with van der Waals surface area (Å²) in [5.74, 6) is -0.368. The first-order chi connectivity index (χ1) is 14.8. The molecule has 0 fully saturated rings. The molecular formula is C22H29N3O5S. The van der Waals surface area contributed by atoms with Crippen molar-refractivity contribution in [2.24, 2.45) is 0 Å². The van der Waals surface area contributed by atoms with Gasteiger partial charge in [-0.2, -0.15) is 0 Å². The van der Waals surface area contributed by atoms with Crippen LogP contribution in [-0.4, -0.2) is 56.5 Å². The Morgan fingerprint density at radius 3 is 2.35 bits per heavy atom. The molecule has 8 nitrogen and oxygen atoms in total. The Bertz CT molecular complexity index is 924. The second kappa shape index (κ2) is 11.5. The Labute approximate surface area is 186 Å². The molecule has 0 saturated carbocycles. The molecule has 168 valence electrons. The summed E-state index contributed by atoms with van der Waals surface area (Å²) in [6.45, 7) is 6.78. The van der Waals surface area contributed by atoms with Gasteiger partial charge >= 0.3 is 5.97 Å². The third kappa shape index (κ3) is 6.53. The van der Waals surface area contributed by atoms with E-state index in [1.165, 1.54) is 7.05 Å². The van der Waals surface area contributed by atoms with E-state index >= 15 is 0 Å². The van der Waals surface area contributed by atoms with Gasteiger partial charge in [0.2, 0.25) is 5.91 Å². The van der Waals surface area contributed by atoms with Crippen molar-refractivity contribution in [1.29, 1.82) is 0 Å². The van der Waals surface area contributed by atoms with Crippen molar-refractivity contribution in [3.8, 4) is 5.75 Å². The molecule has 1 heterocycles. The molecule has 0 spiro atoms. The summed E-state index contributed by atoms with van der Waals surface area (Å²) in [4.78, 5) is 39.4. The van der Waals surface area contributed by atoms with E-state index in [-0.39, 0.29) is 30.5 Å². The van der Waals surface area contributed by atoms with Crippen molar-refractivity contribution in [2.45, 2.75) is 27.3 Å². The molecule has 0 radical (unpaired) electrons. The van der Waals surface area contributed by atoms with E-state index in [1.807, 2.05) is 43.1 Å². The van der Waals surface area contributed by atoms with E-state index in [9.17, 15) is 14.4 Å². The largest absolute Gasteiger partial charge is 0.494 e. The van der Waals surface area contributed by atoms with Crippen LogP contribution < -0.4 is 15.4 Å². The lowest BCUT2D eigenvalue weighted by Gasteiger charge is -2.16.